The van der Waals surface area contributed by atoms with Crippen molar-refractivity contribution in [3.8, 4) is 17.2 Å². The van der Waals surface area contributed by atoms with Gasteiger partial charge in [-0.05, 0) is 12.1 Å². The van der Waals surface area contributed by atoms with Gasteiger partial charge in [0.2, 0.25) is 5.75 Å². The molecule has 1 atom stereocenters. The number of methoxy groups -OCH3 is 1. The molecule has 6 heteroatoms. The fourth-order valence-corrected chi connectivity index (χ4v) is 1.51. The van der Waals surface area contributed by atoms with E-state index in [1.165, 1.54) is 19.2 Å². The van der Waals surface area contributed by atoms with Crippen LogP contribution in [-0.2, 0) is 0 Å². The van der Waals surface area contributed by atoms with Crippen LogP contribution in [0.5, 0.6) is 17.2 Å². The molecule has 5 nitrogen and oxygen atoms in total. The maximum atomic E-state index is 9.96. The van der Waals surface area contributed by atoms with Gasteiger partial charge in [-0.1, -0.05) is 13.8 Å². The van der Waals surface area contributed by atoms with E-state index in [2.05, 4.69) is 5.32 Å². The first-order valence-electron chi connectivity index (χ1n) is 5.47. The molecule has 0 spiro atoms. The predicted octanol–water partition coefficient (Wildman–Crippen LogP) is 1.56. The zero-order chi connectivity index (χ0) is 13.0. The molecule has 1 aromatic rings. The molecular formula is C12H20ClNO4. The van der Waals surface area contributed by atoms with Crippen LogP contribution in [-0.4, -0.2) is 35.0 Å². The number of ether oxygens (including phenoxy) is 1. The van der Waals surface area contributed by atoms with Crippen LogP contribution in [0.25, 0.3) is 0 Å². The number of hydrogen-bond acceptors (Lipinski definition) is 5. The molecule has 0 saturated heterocycles. The predicted molar refractivity (Wildman–Crippen MR) is 71.7 cm³/mol. The molecule has 0 bridgehead atoms. The van der Waals surface area contributed by atoms with Crippen molar-refractivity contribution < 1.29 is 20.1 Å². The summed E-state index contributed by atoms with van der Waals surface area (Å²) in [6, 6.07) is 3.10. The first-order valence-corrected chi connectivity index (χ1v) is 5.47. The second kappa shape index (κ2) is 7.31. The summed E-state index contributed by atoms with van der Waals surface area (Å²) in [6.07, 6.45) is -0.807. The van der Waals surface area contributed by atoms with Crippen molar-refractivity contribution in [2.45, 2.75) is 26.0 Å². The fourth-order valence-electron chi connectivity index (χ4n) is 1.51. The topological polar surface area (TPSA) is 82.0 Å². The Morgan fingerprint density at radius 1 is 1.28 bits per heavy atom. The molecular weight excluding hydrogens is 258 g/mol. The molecule has 1 unspecified atom stereocenters. The summed E-state index contributed by atoms with van der Waals surface area (Å²) in [5.41, 5.74) is 0.441. The van der Waals surface area contributed by atoms with E-state index in [4.69, 9.17) is 4.74 Å². The molecule has 0 aliphatic rings. The minimum Gasteiger partial charge on any atom is -0.504 e. The first kappa shape index (κ1) is 16.8. The maximum absolute atomic E-state index is 9.96. The number of nitrogens with one attached hydrogen (secondary N) is 1. The molecule has 1 aromatic carbocycles. The van der Waals surface area contributed by atoms with Crippen molar-refractivity contribution in [3.63, 3.8) is 0 Å². The highest BCUT2D eigenvalue weighted by molar-refractivity contribution is 5.85. The lowest BCUT2D eigenvalue weighted by atomic mass is 10.1. The monoisotopic (exact) mass is 277 g/mol. The van der Waals surface area contributed by atoms with Crippen molar-refractivity contribution in [3.05, 3.63) is 17.7 Å². The van der Waals surface area contributed by atoms with Crippen molar-refractivity contribution in [1.29, 1.82) is 0 Å². The Morgan fingerprint density at radius 2 is 1.89 bits per heavy atom. The van der Waals surface area contributed by atoms with Gasteiger partial charge in [0.05, 0.1) is 13.2 Å². The zero-order valence-corrected chi connectivity index (χ0v) is 11.5. The summed E-state index contributed by atoms with van der Waals surface area (Å²) in [5, 5.41) is 32.0. The van der Waals surface area contributed by atoms with E-state index < -0.39 is 6.10 Å². The maximum Gasteiger partial charge on any atom is 0.200 e. The average Bonchev–Trinajstić information content (AvgIpc) is 2.29. The van der Waals surface area contributed by atoms with Gasteiger partial charge in [0.25, 0.3) is 0 Å². The van der Waals surface area contributed by atoms with Crippen LogP contribution >= 0.6 is 12.4 Å². The molecule has 0 saturated carbocycles. The Balaban J connectivity index is 0.00000289. The van der Waals surface area contributed by atoms with Crippen molar-refractivity contribution in [2.24, 2.45) is 0 Å². The van der Waals surface area contributed by atoms with Gasteiger partial charge in [-0.2, -0.15) is 0 Å². The van der Waals surface area contributed by atoms with Crippen LogP contribution in [0.4, 0.5) is 0 Å². The minimum atomic E-state index is -0.807. The molecule has 0 aliphatic heterocycles. The van der Waals surface area contributed by atoms with Gasteiger partial charge >= 0.3 is 0 Å². The highest BCUT2D eigenvalue weighted by atomic mass is 35.5. The summed E-state index contributed by atoms with van der Waals surface area (Å²) >= 11 is 0. The highest BCUT2D eigenvalue weighted by Gasteiger charge is 2.18. The lowest BCUT2D eigenvalue weighted by Gasteiger charge is -2.18. The van der Waals surface area contributed by atoms with E-state index >= 15 is 0 Å². The number of halogens is 1. The van der Waals surface area contributed by atoms with E-state index in [0.29, 0.717) is 12.1 Å². The number of aliphatic hydroxyl groups is 1. The van der Waals surface area contributed by atoms with E-state index in [1.807, 2.05) is 13.8 Å². The number of phenolic OH excluding ortho intramolecular Hbond substituents is 2. The Kier molecular flexibility index (Phi) is 6.83. The van der Waals surface area contributed by atoms with E-state index in [-0.39, 0.29) is 35.7 Å². The summed E-state index contributed by atoms with van der Waals surface area (Å²) in [6.45, 7) is 4.29. The summed E-state index contributed by atoms with van der Waals surface area (Å²) in [4.78, 5) is 0. The Morgan fingerprint density at radius 3 is 2.39 bits per heavy atom. The van der Waals surface area contributed by atoms with Gasteiger partial charge in [0.1, 0.15) is 0 Å². The summed E-state index contributed by atoms with van der Waals surface area (Å²) in [5.74, 6) is -0.522. The molecule has 0 fully saturated rings. The third-order valence-corrected chi connectivity index (χ3v) is 2.42. The van der Waals surface area contributed by atoms with Crippen LogP contribution in [0.15, 0.2) is 12.1 Å². The third kappa shape index (κ3) is 3.94. The fraction of sp³-hybridized carbons (Fsp3) is 0.500. The lowest BCUT2D eigenvalue weighted by Crippen LogP contribution is -2.28. The van der Waals surface area contributed by atoms with E-state index in [9.17, 15) is 15.3 Å². The second-order valence-corrected chi connectivity index (χ2v) is 4.13. The standard InChI is InChI=1S/C12H19NO4.ClH/c1-7(2)13-6-10(15)8-4-5-9(14)11(16)12(8)17-3;/h4-5,7,10,13-16H,6H2,1-3H3;1H. The molecule has 104 valence electrons. The molecule has 0 aromatic heterocycles. The number of benzene rings is 1. The first-order chi connectivity index (χ1) is 7.97. The van der Waals surface area contributed by atoms with Gasteiger partial charge in [-0.15, -0.1) is 12.4 Å². The molecule has 0 aliphatic carbocycles. The number of aromatic hydroxyl groups is 2. The van der Waals surface area contributed by atoms with Gasteiger partial charge in [0, 0.05) is 18.2 Å². The number of phenols is 2. The quantitative estimate of drug-likeness (QED) is 0.614. The Bertz CT molecular complexity index is 385. The van der Waals surface area contributed by atoms with Crippen molar-refractivity contribution in [1.82, 2.24) is 5.32 Å². The third-order valence-electron chi connectivity index (χ3n) is 2.42. The van der Waals surface area contributed by atoms with Gasteiger partial charge in [-0.25, -0.2) is 0 Å². The zero-order valence-electron chi connectivity index (χ0n) is 10.7. The molecule has 18 heavy (non-hydrogen) atoms. The van der Waals surface area contributed by atoms with E-state index in [1.54, 1.807) is 0 Å². The SMILES string of the molecule is COc1c(C(O)CNC(C)C)ccc(O)c1O.Cl. The molecule has 0 heterocycles. The van der Waals surface area contributed by atoms with E-state index in [0.717, 1.165) is 0 Å². The number of aliphatic hydroxyl groups excluding tert-OH is 1. The van der Waals surface area contributed by atoms with Crippen LogP contribution in [0.2, 0.25) is 0 Å². The molecule has 4 N–H and O–H groups in total. The van der Waals surface area contributed by atoms with Gasteiger partial charge in [0.15, 0.2) is 11.5 Å². The Labute approximate surface area is 113 Å². The normalized spacial score (nSPS) is 12.1. The van der Waals surface area contributed by atoms with Crippen LogP contribution in [0.1, 0.15) is 25.5 Å². The van der Waals surface area contributed by atoms with Crippen molar-refractivity contribution in [2.75, 3.05) is 13.7 Å². The highest BCUT2D eigenvalue weighted by Crippen LogP contribution is 2.40. The molecule has 1 rings (SSSR count). The van der Waals surface area contributed by atoms with Crippen LogP contribution in [0.3, 0.4) is 0 Å². The number of rotatable bonds is 5. The lowest BCUT2D eigenvalue weighted by molar-refractivity contribution is 0.166. The smallest absolute Gasteiger partial charge is 0.200 e. The molecule has 0 amide bonds. The van der Waals surface area contributed by atoms with Crippen molar-refractivity contribution >= 4 is 12.4 Å². The summed E-state index contributed by atoms with van der Waals surface area (Å²) < 4.78 is 4.99. The largest absolute Gasteiger partial charge is 0.504 e. The Hall–Kier alpha value is -1.17. The minimum absolute atomic E-state index is 0. The van der Waals surface area contributed by atoms with Crippen LogP contribution in [0, 0.1) is 0 Å². The molecule has 0 radical (unpaired) electrons. The summed E-state index contributed by atoms with van der Waals surface area (Å²) in [7, 11) is 1.38. The van der Waals surface area contributed by atoms with Crippen LogP contribution < -0.4 is 10.1 Å². The number of hydrogen-bond donors (Lipinski definition) is 4. The van der Waals surface area contributed by atoms with Gasteiger partial charge < -0.3 is 25.4 Å². The second-order valence-electron chi connectivity index (χ2n) is 4.13. The average molecular weight is 278 g/mol. The van der Waals surface area contributed by atoms with Gasteiger partial charge in [-0.3, -0.25) is 0 Å².